The quantitative estimate of drug-likeness (QED) is 0.840. The minimum Gasteiger partial charge on any atom is -0.348 e. The summed E-state index contributed by atoms with van der Waals surface area (Å²) in [6, 6.07) is 0. The van der Waals surface area contributed by atoms with Crippen LogP contribution in [0.1, 0.15) is 38.3 Å². The average Bonchev–Trinajstić information content (AvgIpc) is 2.64. The standard InChI is InChI=1S/C14H26N4/c1-5-14(7-6-8-14)11-15-9-12-10-16-13(17(2)3)18(12)4/h10,15H,5-9,11H2,1-4H3. The summed E-state index contributed by atoms with van der Waals surface area (Å²) in [6.07, 6.45) is 7.47. The van der Waals surface area contributed by atoms with Gasteiger partial charge in [-0.2, -0.15) is 0 Å². The van der Waals surface area contributed by atoms with Crippen molar-refractivity contribution in [1.82, 2.24) is 14.9 Å². The number of hydrogen-bond donors (Lipinski definition) is 1. The second-order valence-electron chi connectivity index (χ2n) is 5.81. The molecule has 2 rings (SSSR count). The Morgan fingerprint density at radius 1 is 1.44 bits per heavy atom. The number of hydrogen-bond acceptors (Lipinski definition) is 3. The number of aromatic nitrogens is 2. The third-order valence-corrected chi connectivity index (χ3v) is 4.43. The van der Waals surface area contributed by atoms with Gasteiger partial charge in [-0.3, -0.25) is 0 Å². The predicted molar refractivity (Wildman–Crippen MR) is 75.8 cm³/mol. The fraction of sp³-hybridized carbons (Fsp3) is 0.786. The first-order chi connectivity index (χ1) is 8.58. The second kappa shape index (κ2) is 5.31. The minimum absolute atomic E-state index is 0.586. The van der Waals surface area contributed by atoms with E-state index in [0.717, 1.165) is 19.0 Å². The molecular weight excluding hydrogens is 224 g/mol. The molecule has 1 aliphatic rings. The molecule has 0 amide bonds. The van der Waals surface area contributed by atoms with Crippen molar-refractivity contribution in [2.45, 2.75) is 39.2 Å². The largest absolute Gasteiger partial charge is 0.348 e. The molecule has 1 aromatic rings. The third kappa shape index (κ3) is 2.53. The van der Waals surface area contributed by atoms with Crippen molar-refractivity contribution < 1.29 is 0 Å². The van der Waals surface area contributed by atoms with Gasteiger partial charge in [0.1, 0.15) is 0 Å². The first-order valence-electron chi connectivity index (χ1n) is 6.96. The molecule has 1 N–H and O–H groups in total. The lowest BCUT2D eigenvalue weighted by Gasteiger charge is -2.41. The molecule has 0 unspecified atom stereocenters. The first kappa shape index (κ1) is 13.4. The Morgan fingerprint density at radius 3 is 2.61 bits per heavy atom. The molecule has 0 radical (unpaired) electrons. The van der Waals surface area contributed by atoms with E-state index in [1.807, 2.05) is 25.2 Å². The molecule has 1 aliphatic carbocycles. The van der Waals surface area contributed by atoms with Crippen molar-refractivity contribution in [3.8, 4) is 0 Å². The molecule has 1 saturated carbocycles. The Morgan fingerprint density at radius 2 is 2.17 bits per heavy atom. The molecule has 4 nitrogen and oxygen atoms in total. The van der Waals surface area contributed by atoms with E-state index in [2.05, 4.69) is 28.8 Å². The van der Waals surface area contributed by atoms with Crippen molar-refractivity contribution >= 4 is 5.95 Å². The average molecular weight is 250 g/mol. The molecule has 0 spiro atoms. The Bertz CT molecular complexity index is 385. The van der Waals surface area contributed by atoms with Crippen LogP contribution in [0.15, 0.2) is 6.20 Å². The number of imidazole rings is 1. The van der Waals surface area contributed by atoms with Crippen LogP contribution in [0.4, 0.5) is 5.95 Å². The fourth-order valence-electron chi connectivity index (χ4n) is 2.80. The fourth-order valence-corrected chi connectivity index (χ4v) is 2.80. The van der Waals surface area contributed by atoms with Crippen molar-refractivity contribution in [1.29, 1.82) is 0 Å². The van der Waals surface area contributed by atoms with Gasteiger partial charge >= 0.3 is 0 Å². The molecule has 4 heteroatoms. The lowest BCUT2D eigenvalue weighted by molar-refractivity contribution is 0.123. The highest BCUT2D eigenvalue weighted by Gasteiger charge is 2.34. The zero-order chi connectivity index (χ0) is 13.2. The monoisotopic (exact) mass is 250 g/mol. The van der Waals surface area contributed by atoms with Gasteiger partial charge in [0, 0.05) is 34.2 Å². The summed E-state index contributed by atoms with van der Waals surface area (Å²) in [7, 11) is 6.14. The predicted octanol–water partition coefficient (Wildman–Crippen LogP) is 2.16. The van der Waals surface area contributed by atoms with Crippen molar-refractivity contribution in [2.75, 3.05) is 25.5 Å². The summed E-state index contributed by atoms with van der Waals surface area (Å²) in [5.41, 5.74) is 1.84. The van der Waals surface area contributed by atoms with E-state index in [9.17, 15) is 0 Å². The number of anilines is 1. The first-order valence-corrected chi connectivity index (χ1v) is 6.96. The molecule has 102 valence electrons. The smallest absolute Gasteiger partial charge is 0.204 e. The maximum absolute atomic E-state index is 4.43. The summed E-state index contributed by atoms with van der Waals surface area (Å²) in [6.45, 7) is 4.38. The highest BCUT2D eigenvalue weighted by molar-refractivity contribution is 5.30. The minimum atomic E-state index is 0.586. The zero-order valence-corrected chi connectivity index (χ0v) is 12.2. The van der Waals surface area contributed by atoms with Crippen LogP contribution in [0.2, 0.25) is 0 Å². The summed E-state index contributed by atoms with van der Waals surface area (Å²) in [4.78, 5) is 6.48. The van der Waals surface area contributed by atoms with Gasteiger partial charge in [0.15, 0.2) is 0 Å². The van der Waals surface area contributed by atoms with Crippen LogP contribution >= 0.6 is 0 Å². The van der Waals surface area contributed by atoms with E-state index >= 15 is 0 Å². The Labute approximate surface area is 110 Å². The molecule has 0 atom stereocenters. The van der Waals surface area contributed by atoms with Crippen LogP contribution in [0.25, 0.3) is 0 Å². The van der Waals surface area contributed by atoms with Crippen LogP contribution in [-0.4, -0.2) is 30.2 Å². The lowest BCUT2D eigenvalue weighted by atomic mass is 9.67. The molecule has 1 aromatic heterocycles. The van der Waals surface area contributed by atoms with Gasteiger partial charge in [-0.05, 0) is 24.7 Å². The van der Waals surface area contributed by atoms with E-state index in [4.69, 9.17) is 0 Å². The van der Waals surface area contributed by atoms with E-state index in [-0.39, 0.29) is 0 Å². The maximum atomic E-state index is 4.43. The Balaban J connectivity index is 1.87. The molecule has 1 fully saturated rings. The van der Waals surface area contributed by atoms with Gasteiger partial charge in [0.2, 0.25) is 5.95 Å². The Hall–Kier alpha value is -1.03. The summed E-state index contributed by atoms with van der Waals surface area (Å²) in [5.74, 6) is 1.01. The SMILES string of the molecule is CCC1(CNCc2cnc(N(C)C)n2C)CCC1. The number of nitrogens with zero attached hydrogens (tertiary/aromatic N) is 3. The van der Waals surface area contributed by atoms with E-state index < -0.39 is 0 Å². The van der Waals surface area contributed by atoms with Crippen LogP contribution in [0.5, 0.6) is 0 Å². The van der Waals surface area contributed by atoms with Gasteiger partial charge in [0.05, 0.1) is 11.9 Å². The highest BCUT2D eigenvalue weighted by Crippen LogP contribution is 2.43. The van der Waals surface area contributed by atoms with E-state index in [1.165, 1.54) is 31.4 Å². The van der Waals surface area contributed by atoms with Crippen LogP contribution < -0.4 is 10.2 Å². The normalized spacial score (nSPS) is 17.6. The lowest BCUT2D eigenvalue weighted by Crippen LogP contribution is -2.39. The van der Waals surface area contributed by atoms with Gasteiger partial charge in [0.25, 0.3) is 0 Å². The van der Waals surface area contributed by atoms with Crippen molar-refractivity contribution in [2.24, 2.45) is 12.5 Å². The summed E-state index contributed by atoms with van der Waals surface area (Å²) < 4.78 is 2.16. The maximum Gasteiger partial charge on any atom is 0.204 e. The molecule has 0 saturated heterocycles. The molecule has 0 aromatic carbocycles. The van der Waals surface area contributed by atoms with E-state index in [0.29, 0.717) is 5.41 Å². The van der Waals surface area contributed by atoms with E-state index in [1.54, 1.807) is 0 Å². The van der Waals surface area contributed by atoms with Gasteiger partial charge in [-0.1, -0.05) is 13.3 Å². The zero-order valence-electron chi connectivity index (χ0n) is 12.2. The van der Waals surface area contributed by atoms with Crippen molar-refractivity contribution in [3.63, 3.8) is 0 Å². The van der Waals surface area contributed by atoms with Gasteiger partial charge in [-0.25, -0.2) is 4.98 Å². The van der Waals surface area contributed by atoms with Gasteiger partial charge < -0.3 is 14.8 Å². The summed E-state index contributed by atoms with van der Waals surface area (Å²) >= 11 is 0. The van der Waals surface area contributed by atoms with Crippen LogP contribution in [0.3, 0.4) is 0 Å². The van der Waals surface area contributed by atoms with Crippen LogP contribution in [-0.2, 0) is 13.6 Å². The van der Waals surface area contributed by atoms with Crippen molar-refractivity contribution in [3.05, 3.63) is 11.9 Å². The van der Waals surface area contributed by atoms with Crippen LogP contribution in [0, 0.1) is 5.41 Å². The third-order valence-electron chi connectivity index (χ3n) is 4.43. The molecule has 0 aliphatic heterocycles. The number of nitrogens with one attached hydrogen (secondary N) is 1. The molecule has 1 heterocycles. The topological polar surface area (TPSA) is 33.1 Å². The molecule has 18 heavy (non-hydrogen) atoms. The number of rotatable bonds is 6. The summed E-state index contributed by atoms with van der Waals surface area (Å²) in [5, 5.41) is 3.61. The highest BCUT2D eigenvalue weighted by atomic mass is 15.3. The molecular formula is C14H26N4. The molecule has 0 bridgehead atoms. The Kier molecular flexibility index (Phi) is 3.95. The second-order valence-corrected chi connectivity index (χ2v) is 5.81. The van der Waals surface area contributed by atoms with Gasteiger partial charge in [-0.15, -0.1) is 0 Å².